The van der Waals surface area contributed by atoms with Crippen LogP contribution in [0.5, 0.6) is 5.88 Å². The topological polar surface area (TPSA) is 61.0 Å². The fourth-order valence-corrected chi connectivity index (χ4v) is 1.95. The Morgan fingerprint density at radius 3 is 2.80 bits per heavy atom. The summed E-state index contributed by atoms with van der Waals surface area (Å²) in [5.74, 6) is 1.33. The fraction of sp³-hybridized carbons (Fsp3) is 0.636. The molecular weight excluding hydrogens is 190 g/mol. The molecular formula is C11H17N3O. The molecule has 4 nitrogen and oxygen atoms in total. The van der Waals surface area contributed by atoms with Crippen LogP contribution in [0.3, 0.4) is 0 Å². The van der Waals surface area contributed by atoms with Crippen molar-refractivity contribution < 1.29 is 4.74 Å². The summed E-state index contributed by atoms with van der Waals surface area (Å²) in [5, 5.41) is 0. The van der Waals surface area contributed by atoms with Crippen molar-refractivity contribution in [3.8, 4) is 5.88 Å². The van der Waals surface area contributed by atoms with Gasteiger partial charge in [-0.05, 0) is 12.3 Å². The normalized spacial score (nSPS) is 18.3. The molecule has 4 heteroatoms. The summed E-state index contributed by atoms with van der Waals surface area (Å²) in [6, 6.07) is -0.0426. The number of rotatable bonds is 4. The van der Waals surface area contributed by atoms with Crippen molar-refractivity contribution in [3.05, 3.63) is 18.1 Å². The monoisotopic (exact) mass is 207 g/mol. The van der Waals surface area contributed by atoms with E-state index >= 15 is 0 Å². The SMILES string of the molecule is COc1nccnc1C(N)CC1CCC1. The highest BCUT2D eigenvalue weighted by molar-refractivity contribution is 5.20. The molecule has 0 aliphatic heterocycles. The third-order valence-electron chi connectivity index (χ3n) is 3.05. The Labute approximate surface area is 89.9 Å². The van der Waals surface area contributed by atoms with E-state index in [0.29, 0.717) is 5.88 Å². The van der Waals surface area contributed by atoms with Gasteiger partial charge in [-0.3, -0.25) is 4.98 Å². The van der Waals surface area contributed by atoms with Gasteiger partial charge in [-0.15, -0.1) is 0 Å². The van der Waals surface area contributed by atoms with E-state index in [-0.39, 0.29) is 6.04 Å². The van der Waals surface area contributed by atoms with E-state index in [9.17, 15) is 0 Å². The van der Waals surface area contributed by atoms with Gasteiger partial charge in [-0.2, -0.15) is 0 Å². The summed E-state index contributed by atoms with van der Waals surface area (Å²) in [6.45, 7) is 0. The van der Waals surface area contributed by atoms with E-state index in [0.717, 1.165) is 18.0 Å². The standard InChI is InChI=1S/C11H17N3O/c1-15-11-10(13-5-6-14-11)9(12)7-8-3-2-4-8/h5-6,8-9H,2-4,7,12H2,1H3. The summed E-state index contributed by atoms with van der Waals surface area (Å²) in [4.78, 5) is 8.35. The molecule has 15 heavy (non-hydrogen) atoms. The van der Waals surface area contributed by atoms with Crippen LogP contribution in [0, 0.1) is 5.92 Å². The van der Waals surface area contributed by atoms with Crippen molar-refractivity contribution in [2.45, 2.75) is 31.7 Å². The molecule has 1 aromatic rings. The second kappa shape index (κ2) is 4.57. The molecule has 2 N–H and O–H groups in total. The van der Waals surface area contributed by atoms with Gasteiger partial charge in [0.2, 0.25) is 5.88 Å². The summed E-state index contributed by atoms with van der Waals surface area (Å²) in [6.07, 6.45) is 8.23. The van der Waals surface area contributed by atoms with Crippen molar-refractivity contribution in [2.24, 2.45) is 11.7 Å². The van der Waals surface area contributed by atoms with Crippen LogP contribution < -0.4 is 10.5 Å². The van der Waals surface area contributed by atoms with Crippen molar-refractivity contribution in [1.82, 2.24) is 9.97 Å². The number of methoxy groups -OCH3 is 1. The highest BCUT2D eigenvalue weighted by Gasteiger charge is 2.23. The third kappa shape index (κ3) is 2.26. The minimum Gasteiger partial charge on any atom is -0.480 e. The van der Waals surface area contributed by atoms with Crippen molar-refractivity contribution in [3.63, 3.8) is 0 Å². The van der Waals surface area contributed by atoms with E-state index in [1.54, 1.807) is 19.5 Å². The Morgan fingerprint density at radius 2 is 2.20 bits per heavy atom. The molecule has 1 saturated carbocycles. The molecule has 1 heterocycles. The molecule has 1 aromatic heterocycles. The predicted molar refractivity (Wildman–Crippen MR) is 57.5 cm³/mol. The van der Waals surface area contributed by atoms with Gasteiger partial charge in [0.15, 0.2) is 0 Å². The Kier molecular flexibility index (Phi) is 3.16. The fourth-order valence-electron chi connectivity index (χ4n) is 1.95. The van der Waals surface area contributed by atoms with Crippen molar-refractivity contribution in [1.29, 1.82) is 0 Å². The van der Waals surface area contributed by atoms with Gasteiger partial charge in [0.05, 0.1) is 13.2 Å². The zero-order chi connectivity index (χ0) is 10.7. The number of nitrogens with zero attached hydrogens (tertiary/aromatic N) is 2. The first kappa shape index (κ1) is 10.4. The maximum absolute atomic E-state index is 6.10. The minimum atomic E-state index is -0.0426. The lowest BCUT2D eigenvalue weighted by Gasteiger charge is -2.27. The number of hydrogen-bond donors (Lipinski definition) is 1. The van der Waals surface area contributed by atoms with Crippen LogP contribution in [-0.4, -0.2) is 17.1 Å². The van der Waals surface area contributed by atoms with Crippen molar-refractivity contribution in [2.75, 3.05) is 7.11 Å². The molecule has 1 aliphatic rings. The first-order valence-electron chi connectivity index (χ1n) is 5.41. The van der Waals surface area contributed by atoms with Crippen LogP contribution in [0.15, 0.2) is 12.4 Å². The minimum absolute atomic E-state index is 0.0426. The lowest BCUT2D eigenvalue weighted by molar-refractivity contribution is 0.272. The highest BCUT2D eigenvalue weighted by atomic mass is 16.5. The molecule has 82 valence electrons. The molecule has 1 atom stereocenters. The zero-order valence-electron chi connectivity index (χ0n) is 9.02. The van der Waals surface area contributed by atoms with Gasteiger partial charge in [0, 0.05) is 12.4 Å². The van der Waals surface area contributed by atoms with Crippen LogP contribution in [0.25, 0.3) is 0 Å². The number of ether oxygens (including phenoxy) is 1. The zero-order valence-corrected chi connectivity index (χ0v) is 9.02. The van der Waals surface area contributed by atoms with Gasteiger partial charge in [-0.25, -0.2) is 4.98 Å². The van der Waals surface area contributed by atoms with Crippen LogP contribution in [0.1, 0.15) is 37.4 Å². The number of aromatic nitrogens is 2. The van der Waals surface area contributed by atoms with Gasteiger partial charge < -0.3 is 10.5 Å². The van der Waals surface area contributed by atoms with E-state index in [4.69, 9.17) is 10.5 Å². The molecule has 0 radical (unpaired) electrons. The first-order valence-corrected chi connectivity index (χ1v) is 5.41. The van der Waals surface area contributed by atoms with Gasteiger partial charge in [0.25, 0.3) is 0 Å². The van der Waals surface area contributed by atoms with Crippen molar-refractivity contribution >= 4 is 0 Å². The molecule has 0 spiro atoms. The average Bonchev–Trinajstić information content (AvgIpc) is 2.23. The smallest absolute Gasteiger partial charge is 0.236 e. The quantitative estimate of drug-likeness (QED) is 0.816. The van der Waals surface area contributed by atoms with Gasteiger partial charge in [0.1, 0.15) is 5.69 Å². The second-order valence-corrected chi connectivity index (χ2v) is 4.09. The Bertz CT molecular complexity index is 325. The molecule has 2 rings (SSSR count). The third-order valence-corrected chi connectivity index (χ3v) is 3.05. The van der Waals surface area contributed by atoms with E-state index in [2.05, 4.69) is 9.97 Å². The lowest BCUT2D eigenvalue weighted by Crippen LogP contribution is -2.21. The van der Waals surface area contributed by atoms with Crippen LogP contribution >= 0.6 is 0 Å². The predicted octanol–water partition coefficient (Wildman–Crippen LogP) is 1.68. The number of hydrogen-bond acceptors (Lipinski definition) is 4. The van der Waals surface area contributed by atoms with Crippen LogP contribution in [-0.2, 0) is 0 Å². The number of nitrogens with two attached hydrogens (primary N) is 1. The molecule has 0 saturated heterocycles. The molecule has 0 amide bonds. The molecule has 1 aliphatic carbocycles. The highest BCUT2D eigenvalue weighted by Crippen LogP contribution is 2.34. The van der Waals surface area contributed by atoms with Gasteiger partial charge >= 0.3 is 0 Å². The Balaban J connectivity index is 2.05. The molecule has 1 fully saturated rings. The van der Waals surface area contributed by atoms with Gasteiger partial charge in [-0.1, -0.05) is 19.3 Å². The lowest BCUT2D eigenvalue weighted by atomic mass is 9.80. The van der Waals surface area contributed by atoms with E-state index in [1.165, 1.54) is 19.3 Å². The van der Waals surface area contributed by atoms with E-state index < -0.39 is 0 Å². The Hall–Kier alpha value is -1.16. The Morgan fingerprint density at radius 1 is 1.47 bits per heavy atom. The van der Waals surface area contributed by atoms with Crippen LogP contribution in [0.4, 0.5) is 0 Å². The summed E-state index contributed by atoms with van der Waals surface area (Å²) in [5.41, 5.74) is 6.88. The maximum atomic E-state index is 6.10. The molecule has 1 unspecified atom stereocenters. The second-order valence-electron chi connectivity index (χ2n) is 4.09. The molecule has 0 bridgehead atoms. The average molecular weight is 207 g/mol. The van der Waals surface area contributed by atoms with E-state index in [1.807, 2.05) is 0 Å². The maximum Gasteiger partial charge on any atom is 0.236 e. The first-order chi connectivity index (χ1) is 7.31. The summed E-state index contributed by atoms with van der Waals surface area (Å²) < 4.78 is 5.15. The summed E-state index contributed by atoms with van der Waals surface area (Å²) in [7, 11) is 1.60. The summed E-state index contributed by atoms with van der Waals surface area (Å²) >= 11 is 0. The largest absolute Gasteiger partial charge is 0.480 e. The van der Waals surface area contributed by atoms with Crippen LogP contribution in [0.2, 0.25) is 0 Å². The molecule has 0 aromatic carbocycles.